The molecule has 1 unspecified atom stereocenters. The maximum Gasteiger partial charge on any atom is 0.243 e. The standard InChI is InChI=1S/C15H20FNO3S/c1-11(2)9-12(3)17-21(19,20)15-7-6-13(5-4-8-18)10-14(15)16/h6-7,10-12,17-18H,8-9H2,1-3H3. The van der Waals surface area contributed by atoms with Crippen molar-refractivity contribution in [2.24, 2.45) is 5.92 Å². The smallest absolute Gasteiger partial charge is 0.243 e. The van der Waals surface area contributed by atoms with Crippen molar-refractivity contribution in [2.45, 2.75) is 38.1 Å². The van der Waals surface area contributed by atoms with Gasteiger partial charge in [-0.05, 0) is 37.5 Å². The van der Waals surface area contributed by atoms with E-state index in [1.54, 1.807) is 6.92 Å². The highest BCUT2D eigenvalue weighted by Crippen LogP contribution is 2.17. The predicted octanol–water partition coefficient (Wildman–Crippen LogP) is 1.88. The molecule has 0 aliphatic carbocycles. The molecule has 1 atom stereocenters. The van der Waals surface area contributed by atoms with Gasteiger partial charge >= 0.3 is 0 Å². The normalized spacial score (nSPS) is 12.9. The number of halogens is 1. The van der Waals surface area contributed by atoms with Crippen molar-refractivity contribution in [1.82, 2.24) is 4.72 Å². The molecule has 0 saturated carbocycles. The van der Waals surface area contributed by atoms with Crippen LogP contribution in [0.2, 0.25) is 0 Å². The average molecular weight is 313 g/mol. The van der Waals surface area contributed by atoms with Crippen molar-refractivity contribution in [3.8, 4) is 11.8 Å². The molecule has 2 N–H and O–H groups in total. The van der Waals surface area contributed by atoms with E-state index >= 15 is 0 Å². The van der Waals surface area contributed by atoms with Crippen molar-refractivity contribution >= 4 is 10.0 Å². The highest BCUT2D eigenvalue weighted by molar-refractivity contribution is 7.89. The van der Waals surface area contributed by atoms with Crippen LogP contribution in [0.25, 0.3) is 0 Å². The van der Waals surface area contributed by atoms with E-state index in [1.165, 1.54) is 12.1 Å². The van der Waals surface area contributed by atoms with E-state index < -0.39 is 20.7 Å². The van der Waals surface area contributed by atoms with Gasteiger partial charge in [-0.25, -0.2) is 17.5 Å². The van der Waals surface area contributed by atoms with Gasteiger partial charge in [-0.2, -0.15) is 0 Å². The van der Waals surface area contributed by atoms with Gasteiger partial charge in [0.15, 0.2) is 0 Å². The molecule has 1 aromatic carbocycles. The summed E-state index contributed by atoms with van der Waals surface area (Å²) in [7, 11) is -3.90. The third-order valence-electron chi connectivity index (χ3n) is 2.71. The van der Waals surface area contributed by atoms with Crippen LogP contribution in [-0.2, 0) is 10.0 Å². The molecule has 0 aliphatic rings. The van der Waals surface area contributed by atoms with Gasteiger partial charge in [-0.3, -0.25) is 0 Å². The lowest BCUT2D eigenvalue weighted by molar-refractivity contribution is 0.350. The minimum absolute atomic E-state index is 0.275. The summed E-state index contributed by atoms with van der Waals surface area (Å²) in [4.78, 5) is -0.396. The summed E-state index contributed by atoms with van der Waals surface area (Å²) in [5.74, 6) is 4.38. The van der Waals surface area contributed by atoms with E-state index in [0.717, 1.165) is 6.07 Å². The van der Waals surface area contributed by atoms with Crippen LogP contribution in [0, 0.1) is 23.6 Å². The van der Waals surface area contributed by atoms with Crippen molar-refractivity contribution in [3.05, 3.63) is 29.6 Å². The number of rotatable bonds is 5. The third-order valence-corrected chi connectivity index (χ3v) is 4.34. The van der Waals surface area contributed by atoms with Crippen LogP contribution in [0.15, 0.2) is 23.1 Å². The molecule has 0 amide bonds. The molecular formula is C15H20FNO3S. The molecule has 1 rings (SSSR count). The SMILES string of the molecule is CC(C)CC(C)NS(=O)(=O)c1ccc(C#CCO)cc1F. The van der Waals surface area contributed by atoms with Crippen molar-refractivity contribution in [3.63, 3.8) is 0 Å². The van der Waals surface area contributed by atoms with Crippen LogP contribution in [0.5, 0.6) is 0 Å². The zero-order chi connectivity index (χ0) is 16.0. The van der Waals surface area contributed by atoms with E-state index in [9.17, 15) is 12.8 Å². The van der Waals surface area contributed by atoms with Crippen LogP contribution in [0.4, 0.5) is 4.39 Å². The summed E-state index contributed by atoms with van der Waals surface area (Å²) in [5, 5.41) is 8.58. The van der Waals surface area contributed by atoms with Crippen LogP contribution >= 0.6 is 0 Å². The predicted molar refractivity (Wildman–Crippen MR) is 79.6 cm³/mol. The van der Waals surface area contributed by atoms with E-state index in [2.05, 4.69) is 16.6 Å². The summed E-state index contributed by atoms with van der Waals surface area (Å²) in [5.41, 5.74) is 0.315. The maximum atomic E-state index is 13.9. The molecular weight excluding hydrogens is 293 g/mol. The summed E-state index contributed by atoms with van der Waals surface area (Å²) in [6, 6.07) is 3.36. The van der Waals surface area contributed by atoms with E-state index in [0.29, 0.717) is 17.9 Å². The van der Waals surface area contributed by atoms with E-state index in [1.807, 2.05) is 13.8 Å². The van der Waals surface area contributed by atoms with Gasteiger partial charge in [-0.15, -0.1) is 0 Å². The zero-order valence-electron chi connectivity index (χ0n) is 12.4. The lowest BCUT2D eigenvalue weighted by Gasteiger charge is -2.16. The molecule has 21 heavy (non-hydrogen) atoms. The first kappa shape index (κ1) is 17.6. The lowest BCUT2D eigenvalue weighted by Crippen LogP contribution is -2.34. The van der Waals surface area contributed by atoms with Crippen LogP contribution in [0.3, 0.4) is 0 Å². The molecule has 116 valence electrons. The number of hydrogen-bond acceptors (Lipinski definition) is 3. The second-order valence-corrected chi connectivity index (χ2v) is 6.94. The largest absolute Gasteiger partial charge is 0.384 e. The summed E-state index contributed by atoms with van der Waals surface area (Å²) < 4.78 is 40.7. The second kappa shape index (κ2) is 7.55. The molecule has 0 saturated heterocycles. The Hall–Kier alpha value is -1.42. The number of aliphatic hydroxyl groups is 1. The van der Waals surface area contributed by atoms with Crippen LogP contribution in [0.1, 0.15) is 32.8 Å². The summed E-state index contributed by atoms with van der Waals surface area (Å²) in [6.45, 7) is 5.38. The molecule has 0 spiro atoms. The summed E-state index contributed by atoms with van der Waals surface area (Å²) >= 11 is 0. The molecule has 6 heteroatoms. The van der Waals surface area contributed by atoms with Gasteiger partial charge in [-0.1, -0.05) is 25.7 Å². The number of benzene rings is 1. The maximum absolute atomic E-state index is 13.9. The Morgan fingerprint density at radius 2 is 2.00 bits per heavy atom. The lowest BCUT2D eigenvalue weighted by atomic mass is 10.1. The second-order valence-electron chi connectivity index (χ2n) is 5.26. The molecule has 0 heterocycles. The Bertz CT molecular complexity index is 645. The number of aliphatic hydroxyl groups excluding tert-OH is 1. The van der Waals surface area contributed by atoms with Crippen LogP contribution in [-0.4, -0.2) is 26.2 Å². The van der Waals surface area contributed by atoms with Gasteiger partial charge in [0.25, 0.3) is 0 Å². The van der Waals surface area contributed by atoms with Gasteiger partial charge < -0.3 is 5.11 Å². The van der Waals surface area contributed by atoms with E-state index in [4.69, 9.17) is 5.11 Å². The Morgan fingerprint density at radius 1 is 1.33 bits per heavy atom. The van der Waals surface area contributed by atoms with Gasteiger partial charge in [0.1, 0.15) is 17.3 Å². The van der Waals surface area contributed by atoms with Crippen molar-refractivity contribution in [1.29, 1.82) is 0 Å². The van der Waals surface area contributed by atoms with Crippen LogP contribution < -0.4 is 4.72 Å². The molecule has 0 fully saturated rings. The highest BCUT2D eigenvalue weighted by atomic mass is 32.2. The number of nitrogens with one attached hydrogen (secondary N) is 1. The fourth-order valence-corrected chi connectivity index (χ4v) is 3.34. The summed E-state index contributed by atoms with van der Waals surface area (Å²) in [6.07, 6.45) is 0.668. The Balaban J connectivity index is 2.98. The van der Waals surface area contributed by atoms with E-state index in [-0.39, 0.29) is 12.6 Å². The molecule has 0 radical (unpaired) electrons. The number of sulfonamides is 1. The topological polar surface area (TPSA) is 66.4 Å². The molecule has 0 aliphatic heterocycles. The number of hydrogen-bond donors (Lipinski definition) is 2. The fraction of sp³-hybridized carbons (Fsp3) is 0.467. The van der Waals surface area contributed by atoms with Gasteiger partial charge in [0, 0.05) is 11.6 Å². The molecule has 4 nitrogen and oxygen atoms in total. The Morgan fingerprint density at radius 3 is 2.52 bits per heavy atom. The minimum Gasteiger partial charge on any atom is -0.384 e. The molecule has 1 aromatic rings. The quantitative estimate of drug-likeness (QED) is 0.816. The first-order chi connectivity index (χ1) is 9.76. The highest BCUT2D eigenvalue weighted by Gasteiger charge is 2.21. The minimum atomic E-state index is -3.90. The first-order valence-corrected chi connectivity index (χ1v) is 8.16. The molecule has 0 bridgehead atoms. The Labute approximate surface area is 125 Å². The zero-order valence-corrected chi connectivity index (χ0v) is 13.2. The van der Waals surface area contributed by atoms with Gasteiger partial charge in [0.2, 0.25) is 10.0 Å². The van der Waals surface area contributed by atoms with Gasteiger partial charge in [0.05, 0.1) is 0 Å². The Kier molecular flexibility index (Phi) is 6.34. The monoisotopic (exact) mass is 313 g/mol. The third kappa shape index (κ3) is 5.46. The average Bonchev–Trinajstić information content (AvgIpc) is 2.34. The molecule has 0 aromatic heterocycles. The fourth-order valence-electron chi connectivity index (χ4n) is 2.02. The van der Waals surface area contributed by atoms with Crippen molar-refractivity contribution < 1.29 is 17.9 Å². The van der Waals surface area contributed by atoms with Crippen molar-refractivity contribution in [2.75, 3.05) is 6.61 Å². The first-order valence-electron chi connectivity index (χ1n) is 6.68.